The first-order valence-corrected chi connectivity index (χ1v) is 11.1. The number of fused-ring (bicyclic) bond motifs is 1. The minimum absolute atomic E-state index is 0.130. The summed E-state index contributed by atoms with van der Waals surface area (Å²) in [5.74, 6) is 0.977. The zero-order valence-corrected chi connectivity index (χ0v) is 18.7. The van der Waals surface area contributed by atoms with Gasteiger partial charge >= 0.3 is 0 Å². The van der Waals surface area contributed by atoms with Crippen LogP contribution in [0.4, 0.5) is 4.39 Å². The standard InChI is InChI=1S/C23H21FN6OS/c1-13-12-17(8-9-25-13)19-20-14(2)29(23(31)16-4-6-18(24)7-5-16)10-11-30(20)21(27-19)22-26-15(3)28-32-22/h4-9,12,14H,10-11H2,1-3H3. The summed E-state index contributed by atoms with van der Waals surface area (Å²) in [5.41, 5.74) is 4.05. The van der Waals surface area contributed by atoms with Gasteiger partial charge < -0.3 is 9.47 Å². The molecule has 0 aliphatic carbocycles. The van der Waals surface area contributed by atoms with E-state index in [4.69, 9.17) is 4.98 Å². The molecule has 1 aromatic carbocycles. The molecule has 0 spiro atoms. The van der Waals surface area contributed by atoms with E-state index in [1.807, 2.05) is 37.8 Å². The van der Waals surface area contributed by atoms with E-state index in [0.29, 0.717) is 24.5 Å². The highest BCUT2D eigenvalue weighted by Gasteiger charge is 2.34. The summed E-state index contributed by atoms with van der Waals surface area (Å²) in [4.78, 5) is 28.9. The second-order valence-corrected chi connectivity index (χ2v) is 8.59. The summed E-state index contributed by atoms with van der Waals surface area (Å²) < 4.78 is 19.8. The first-order valence-electron chi connectivity index (χ1n) is 10.3. The van der Waals surface area contributed by atoms with Crippen molar-refractivity contribution >= 4 is 17.4 Å². The number of carbonyl (C=O) groups is 1. The molecule has 4 aromatic rings. The quantitative estimate of drug-likeness (QED) is 0.463. The fourth-order valence-electron chi connectivity index (χ4n) is 4.16. The van der Waals surface area contributed by atoms with E-state index in [2.05, 4.69) is 18.9 Å². The van der Waals surface area contributed by atoms with E-state index in [9.17, 15) is 9.18 Å². The Morgan fingerprint density at radius 3 is 2.59 bits per heavy atom. The minimum Gasteiger partial charge on any atom is -0.329 e. The zero-order chi connectivity index (χ0) is 22.4. The summed E-state index contributed by atoms with van der Waals surface area (Å²) in [6.45, 7) is 6.90. The number of aromatic nitrogens is 5. The molecule has 1 amide bonds. The third-order valence-corrected chi connectivity index (χ3v) is 6.48. The van der Waals surface area contributed by atoms with Crippen molar-refractivity contribution in [1.29, 1.82) is 0 Å². The van der Waals surface area contributed by atoms with Gasteiger partial charge in [-0.1, -0.05) is 0 Å². The van der Waals surface area contributed by atoms with E-state index in [1.165, 1.54) is 35.8 Å². The summed E-state index contributed by atoms with van der Waals surface area (Å²) in [7, 11) is 0. The third kappa shape index (κ3) is 3.48. The lowest BCUT2D eigenvalue weighted by molar-refractivity contribution is 0.0645. The Morgan fingerprint density at radius 2 is 1.91 bits per heavy atom. The SMILES string of the molecule is Cc1cc(-c2nc(-c3nc(C)ns3)n3c2C(C)N(C(=O)c2ccc(F)cc2)CC3)ccn1. The number of benzene rings is 1. The lowest BCUT2D eigenvalue weighted by Crippen LogP contribution is -2.41. The molecule has 1 aliphatic heterocycles. The van der Waals surface area contributed by atoms with Crippen molar-refractivity contribution in [2.24, 2.45) is 0 Å². The van der Waals surface area contributed by atoms with Crippen LogP contribution in [-0.2, 0) is 6.54 Å². The van der Waals surface area contributed by atoms with Gasteiger partial charge in [0.1, 0.15) is 11.6 Å². The summed E-state index contributed by atoms with van der Waals surface area (Å²) in [6, 6.07) is 9.36. The van der Waals surface area contributed by atoms with Gasteiger partial charge in [0.2, 0.25) is 0 Å². The van der Waals surface area contributed by atoms with Crippen molar-refractivity contribution < 1.29 is 9.18 Å². The summed E-state index contributed by atoms with van der Waals surface area (Å²) >= 11 is 1.32. The van der Waals surface area contributed by atoms with Gasteiger partial charge in [-0.2, -0.15) is 4.37 Å². The molecule has 0 saturated heterocycles. The Hall–Kier alpha value is -3.46. The van der Waals surface area contributed by atoms with Crippen LogP contribution in [0.25, 0.3) is 22.1 Å². The molecule has 7 nitrogen and oxygen atoms in total. The number of nitrogens with zero attached hydrogens (tertiary/aromatic N) is 6. The lowest BCUT2D eigenvalue weighted by atomic mass is 10.0. The highest BCUT2D eigenvalue weighted by atomic mass is 32.1. The van der Waals surface area contributed by atoms with Crippen molar-refractivity contribution in [1.82, 2.24) is 28.8 Å². The molecule has 32 heavy (non-hydrogen) atoms. The Morgan fingerprint density at radius 1 is 1.12 bits per heavy atom. The number of hydrogen-bond donors (Lipinski definition) is 0. The average molecular weight is 449 g/mol. The molecule has 0 bridgehead atoms. The molecule has 1 atom stereocenters. The van der Waals surface area contributed by atoms with Crippen molar-refractivity contribution in [3.05, 3.63) is 71.2 Å². The molecule has 3 aromatic heterocycles. The Bertz CT molecular complexity index is 1310. The van der Waals surface area contributed by atoms with Gasteiger partial charge in [0.15, 0.2) is 10.8 Å². The molecule has 0 fully saturated rings. The molecular weight excluding hydrogens is 427 g/mol. The number of imidazole rings is 1. The van der Waals surface area contributed by atoms with Gasteiger partial charge in [0.05, 0.1) is 17.4 Å². The van der Waals surface area contributed by atoms with Crippen molar-refractivity contribution in [2.75, 3.05) is 6.54 Å². The number of rotatable bonds is 3. The van der Waals surface area contributed by atoms with Crippen LogP contribution >= 0.6 is 11.5 Å². The molecular formula is C23H21FN6OS. The third-order valence-electron chi connectivity index (χ3n) is 5.68. The fourth-order valence-corrected chi connectivity index (χ4v) is 4.83. The van der Waals surface area contributed by atoms with E-state index in [1.54, 1.807) is 6.20 Å². The molecule has 4 heterocycles. The highest BCUT2D eigenvalue weighted by molar-refractivity contribution is 7.09. The van der Waals surface area contributed by atoms with Crippen LogP contribution < -0.4 is 0 Å². The lowest BCUT2D eigenvalue weighted by Gasteiger charge is -2.35. The van der Waals surface area contributed by atoms with Gasteiger partial charge in [-0.25, -0.2) is 14.4 Å². The molecule has 5 rings (SSSR count). The Labute approximate surface area is 188 Å². The van der Waals surface area contributed by atoms with E-state index >= 15 is 0 Å². The fraction of sp³-hybridized carbons (Fsp3) is 0.261. The first kappa shape index (κ1) is 20.4. The highest BCUT2D eigenvalue weighted by Crippen LogP contribution is 2.38. The molecule has 0 saturated carbocycles. The number of halogens is 1. The van der Waals surface area contributed by atoms with Gasteiger partial charge in [-0.05, 0) is 68.7 Å². The van der Waals surface area contributed by atoms with Crippen LogP contribution in [0.2, 0.25) is 0 Å². The van der Waals surface area contributed by atoms with Gasteiger partial charge in [0.25, 0.3) is 5.91 Å². The van der Waals surface area contributed by atoms with Crippen LogP contribution in [0.1, 0.15) is 40.5 Å². The second-order valence-electron chi connectivity index (χ2n) is 7.83. The van der Waals surface area contributed by atoms with Crippen LogP contribution in [0.15, 0.2) is 42.6 Å². The number of carbonyl (C=O) groups excluding carboxylic acids is 1. The maximum Gasteiger partial charge on any atom is 0.254 e. The normalized spacial score (nSPS) is 15.6. The minimum atomic E-state index is -0.362. The molecule has 1 aliphatic rings. The number of pyridine rings is 1. The van der Waals surface area contributed by atoms with Gasteiger partial charge in [-0.3, -0.25) is 9.78 Å². The van der Waals surface area contributed by atoms with Crippen LogP contribution in [0.5, 0.6) is 0 Å². The first-order chi connectivity index (χ1) is 15.4. The van der Waals surface area contributed by atoms with Crippen molar-refractivity contribution in [2.45, 2.75) is 33.4 Å². The number of hydrogen-bond acceptors (Lipinski definition) is 6. The Kier molecular flexibility index (Phi) is 5.05. The molecule has 0 N–H and O–H groups in total. The van der Waals surface area contributed by atoms with E-state index < -0.39 is 0 Å². The van der Waals surface area contributed by atoms with E-state index in [-0.39, 0.29) is 17.8 Å². The zero-order valence-electron chi connectivity index (χ0n) is 17.9. The van der Waals surface area contributed by atoms with Crippen LogP contribution in [0, 0.1) is 19.7 Å². The summed E-state index contributed by atoms with van der Waals surface area (Å²) in [5, 5.41) is 0.756. The topological polar surface area (TPSA) is 76.8 Å². The monoisotopic (exact) mass is 448 g/mol. The van der Waals surface area contributed by atoms with Crippen LogP contribution in [-0.4, -0.2) is 41.2 Å². The van der Waals surface area contributed by atoms with Crippen molar-refractivity contribution in [3.63, 3.8) is 0 Å². The van der Waals surface area contributed by atoms with E-state index in [0.717, 1.165) is 33.5 Å². The summed E-state index contributed by atoms with van der Waals surface area (Å²) in [6.07, 6.45) is 1.76. The van der Waals surface area contributed by atoms with Gasteiger partial charge in [-0.15, -0.1) is 0 Å². The smallest absolute Gasteiger partial charge is 0.254 e. The molecule has 1 unspecified atom stereocenters. The predicted octanol–water partition coefficient (Wildman–Crippen LogP) is 4.44. The number of amides is 1. The van der Waals surface area contributed by atoms with Gasteiger partial charge in [0, 0.05) is 36.1 Å². The van der Waals surface area contributed by atoms with Crippen LogP contribution in [0.3, 0.4) is 0 Å². The molecule has 0 radical (unpaired) electrons. The molecule has 9 heteroatoms. The largest absolute Gasteiger partial charge is 0.329 e. The average Bonchev–Trinajstić information content (AvgIpc) is 3.38. The predicted molar refractivity (Wildman–Crippen MR) is 120 cm³/mol. The Balaban J connectivity index is 1.62. The molecule has 162 valence electrons. The van der Waals surface area contributed by atoms with Crippen molar-refractivity contribution in [3.8, 4) is 22.1 Å². The second kappa shape index (κ2) is 7.90. The maximum atomic E-state index is 13.4. The number of aryl methyl sites for hydroxylation is 2. The maximum absolute atomic E-state index is 13.4.